The summed E-state index contributed by atoms with van der Waals surface area (Å²) in [5, 5.41) is 20.8. The number of amidine groups is 1. The lowest BCUT2D eigenvalue weighted by atomic mass is 10.2. The maximum atomic E-state index is 12.6. The van der Waals surface area contributed by atoms with Crippen molar-refractivity contribution in [3.63, 3.8) is 0 Å². The Bertz CT molecular complexity index is 645. The van der Waals surface area contributed by atoms with Gasteiger partial charge in [0.1, 0.15) is 6.07 Å². The number of nitrogens with one attached hydrogen (secondary N) is 2. The normalized spacial score (nSPS) is 15.9. The summed E-state index contributed by atoms with van der Waals surface area (Å²) >= 11 is 0. The number of ether oxygens (including phenoxy) is 1. The van der Waals surface area contributed by atoms with Gasteiger partial charge in [-0.3, -0.25) is 10.8 Å². The second kappa shape index (κ2) is 7.11. The zero-order valence-corrected chi connectivity index (χ0v) is 12.0. The van der Waals surface area contributed by atoms with E-state index in [9.17, 15) is 13.2 Å². The fraction of sp³-hybridized carbons (Fsp3) is 0.357. The van der Waals surface area contributed by atoms with Gasteiger partial charge in [-0.2, -0.15) is 23.5 Å². The molecular weight excluding hydrogens is 311 g/mol. The van der Waals surface area contributed by atoms with Gasteiger partial charge in [-0.25, -0.2) is 0 Å². The number of halogens is 3. The molecule has 1 saturated heterocycles. The second-order valence-electron chi connectivity index (χ2n) is 4.71. The summed E-state index contributed by atoms with van der Waals surface area (Å²) in [4.78, 5) is 1.62. The van der Waals surface area contributed by atoms with Gasteiger partial charge in [-0.05, 0) is 18.2 Å². The number of hydrazone groups is 1. The first kappa shape index (κ1) is 16.8. The number of nitriles is 1. The molecule has 0 aliphatic carbocycles. The van der Waals surface area contributed by atoms with Gasteiger partial charge in [0, 0.05) is 13.1 Å². The first-order chi connectivity index (χ1) is 10.9. The van der Waals surface area contributed by atoms with Gasteiger partial charge < -0.3 is 9.64 Å². The number of morpholine rings is 1. The maximum Gasteiger partial charge on any atom is 0.416 e. The Kier molecular flexibility index (Phi) is 5.18. The molecular formula is C14H14F3N5O. The molecule has 0 bridgehead atoms. The van der Waals surface area contributed by atoms with Crippen molar-refractivity contribution in [3.05, 3.63) is 29.8 Å². The van der Waals surface area contributed by atoms with Crippen LogP contribution < -0.4 is 5.43 Å². The van der Waals surface area contributed by atoms with E-state index < -0.39 is 11.7 Å². The quantitative estimate of drug-likeness (QED) is 0.507. The van der Waals surface area contributed by atoms with Gasteiger partial charge in [0.15, 0.2) is 5.84 Å². The van der Waals surface area contributed by atoms with Crippen molar-refractivity contribution in [2.45, 2.75) is 6.18 Å². The fourth-order valence-electron chi connectivity index (χ4n) is 1.95. The molecule has 0 amide bonds. The fourth-order valence-corrected chi connectivity index (χ4v) is 1.95. The van der Waals surface area contributed by atoms with E-state index in [2.05, 4.69) is 10.5 Å². The molecule has 23 heavy (non-hydrogen) atoms. The highest BCUT2D eigenvalue weighted by molar-refractivity contribution is 6.46. The van der Waals surface area contributed by atoms with Crippen molar-refractivity contribution in [1.29, 1.82) is 10.7 Å². The Morgan fingerprint density at radius 3 is 2.65 bits per heavy atom. The van der Waals surface area contributed by atoms with Crippen LogP contribution in [0.1, 0.15) is 5.56 Å². The van der Waals surface area contributed by atoms with E-state index in [0.29, 0.717) is 26.3 Å². The number of hydrogen-bond acceptors (Lipinski definition) is 5. The smallest absolute Gasteiger partial charge is 0.378 e. The van der Waals surface area contributed by atoms with Gasteiger partial charge >= 0.3 is 6.18 Å². The lowest BCUT2D eigenvalue weighted by Crippen LogP contribution is -2.43. The van der Waals surface area contributed by atoms with E-state index in [1.807, 2.05) is 0 Å². The Labute approximate surface area is 130 Å². The summed E-state index contributed by atoms with van der Waals surface area (Å²) in [6, 6.07) is 6.23. The molecule has 2 rings (SSSR count). The van der Waals surface area contributed by atoms with Gasteiger partial charge in [-0.1, -0.05) is 6.07 Å². The van der Waals surface area contributed by atoms with Crippen molar-refractivity contribution in [2.75, 3.05) is 31.7 Å². The second-order valence-corrected chi connectivity index (χ2v) is 4.71. The topological polar surface area (TPSA) is 84.5 Å². The van der Waals surface area contributed by atoms with Crippen LogP contribution in [0.3, 0.4) is 0 Å². The van der Waals surface area contributed by atoms with Crippen LogP contribution in [-0.2, 0) is 10.9 Å². The van der Waals surface area contributed by atoms with Crippen LogP contribution in [-0.4, -0.2) is 42.8 Å². The number of nitrogens with zero attached hydrogens (tertiary/aromatic N) is 3. The summed E-state index contributed by atoms with van der Waals surface area (Å²) < 4.78 is 43.1. The van der Waals surface area contributed by atoms with Crippen molar-refractivity contribution >= 4 is 17.2 Å². The van der Waals surface area contributed by atoms with Crippen molar-refractivity contribution < 1.29 is 17.9 Å². The lowest BCUT2D eigenvalue weighted by Gasteiger charge is -2.28. The SMILES string of the molecule is N#CC(=NNc1cccc(C(F)(F)F)c1)C(=N)N1CCOCC1. The summed E-state index contributed by atoms with van der Waals surface area (Å²) in [5.74, 6) is -0.0877. The molecule has 1 aliphatic rings. The third-order valence-electron chi connectivity index (χ3n) is 3.14. The Hall–Kier alpha value is -2.60. The molecule has 1 aliphatic heterocycles. The molecule has 0 atom stereocenters. The average molecular weight is 325 g/mol. The van der Waals surface area contributed by atoms with Gasteiger partial charge in [-0.15, -0.1) is 0 Å². The zero-order chi connectivity index (χ0) is 16.9. The van der Waals surface area contributed by atoms with E-state index >= 15 is 0 Å². The highest BCUT2D eigenvalue weighted by Crippen LogP contribution is 2.30. The Morgan fingerprint density at radius 2 is 2.04 bits per heavy atom. The summed E-state index contributed by atoms with van der Waals surface area (Å²) in [6.45, 7) is 1.82. The van der Waals surface area contributed by atoms with Crippen molar-refractivity contribution in [1.82, 2.24) is 4.90 Å². The molecule has 0 spiro atoms. The first-order valence-corrected chi connectivity index (χ1v) is 6.74. The standard InChI is InChI=1S/C14H14F3N5O/c15-14(16,17)10-2-1-3-11(8-10)20-21-12(9-18)13(19)22-4-6-23-7-5-22/h1-3,8,19-20H,4-7H2. The van der Waals surface area contributed by atoms with Crippen LogP contribution in [0.4, 0.5) is 18.9 Å². The molecule has 0 unspecified atom stereocenters. The maximum absolute atomic E-state index is 12.6. The number of hydrogen-bond donors (Lipinski definition) is 2. The molecule has 9 heteroatoms. The Balaban J connectivity index is 2.10. The Morgan fingerprint density at radius 1 is 1.35 bits per heavy atom. The first-order valence-electron chi connectivity index (χ1n) is 6.74. The van der Waals surface area contributed by atoms with Gasteiger partial charge in [0.2, 0.25) is 5.71 Å². The number of anilines is 1. The number of alkyl halides is 3. The minimum Gasteiger partial charge on any atom is -0.378 e. The molecule has 1 aromatic rings. The lowest BCUT2D eigenvalue weighted by molar-refractivity contribution is -0.137. The summed E-state index contributed by atoms with van der Waals surface area (Å²) in [5.41, 5.74) is 1.46. The number of rotatable bonds is 3. The van der Waals surface area contributed by atoms with E-state index in [1.54, 1.807) is 11.0 Å². The molecule has 1 heterocycles. The predicted octanol–water partition coefficient (Wildman–Crippen LogP) is 2.31. The van der Waals surface area contributed by atoms with E-state index in [4.69, 9.17) is 15.4 Å². The summed E-state index contributed by atoms with van der Waals surface area (Å²) in [6.07, 6.45) is -4.46. The predicted molar refractivity (Wildman–Crippen MR) is 78.2 cm³/mol. The molecule has 0 aromatic heterocycles. The van der Waals surface area contributed by atoms with Crippen LogP contribution in [0.2, 0.25) is 0 Å². The van der Waals surface area contributed by atoms with E-state index in [0.717, 1.165) is 12.1 Å². The largest absolute Gasteiger partial charge is 0.416 e. The highest BCUT2D eigenvalue weighted by atomic mass is 19.4. The third kappa shape index (κ3) is 4.43. The van der Waals surface area contributed by atoms with Crippen molar-refractivity contribution in [3.8, 4) is 6.07 Å². The number of benzene rings is 1. The molecule has 1 fully saturated rings. The summed E-state index contributed by atoms with van der Waals surface area (Å²) in [7, 11) is 0. The van der Waals surface area contributed by atoms with E-state index in [-0.39, 0.29) is 17.2 Å². The van der Waals surface area contributed by atoms with Crippen LogP contribution in [0, 0.1) is 16.7 Å². The molecule has 2 N–H and O–H groups in total. The van der Waals surface area contributed by atoms with E-state index in [1.165, 1.54) is 12.1 Å². The molecule has 1 aromatic carbocycles. The van der Waals surface area contributed by atoms with Gasteiger partial charge in [0.05, 0.1) is 24.5 Å². The van der Waals surface area contributed by atoms with Crippen molar-refractivity contribution in [2.24, 2.45) is 5.10 Å². The zero-order valence-electron chi connectivity index (χ0n) is 12.0. The van der Waals surface area contributed by atoms with Crippen LogP contribution in [0.15, 0.2) is 29.4 Å². The average Bonchev–Trinajstić information content (AvgIpc) is 2.55. The molecule has 6 nitrogen and oxygen atoms in total. The van der Waals surface area contributed by atoms with Crippen LogP contribution in [0.25, 0.3) is 0 Å². The third-order valence-corrected chi connectivity index (χ3v) is 3.14. The van der Waals surface area contributed by atoms with Gasteiger partial charge in [0.25, 0.3) is 0 Å². The monoisotopic (exact) mass is 325 g/mol. The molecule has 0 saturated carbocycles. The molecule has 0 radical (unpaired) electrons. The highest BCUT2D eigenvalue weighted by Gasteiger charge is 2.30. The minimum absolute atomic E-state index is 0.0855. The van der Waals surface area contributed by atoms with Crippen LogP contribution >= 0.6 is 0 Å². The molecule has 122 valence electrons. The van der Waals surface area contributed by atoms with Crippen LogP contribution in [0.5, 0.6) is 0 Å². The minimum atomic E-state index is -4.46.